The van der Waals surface area contributed by atoms with Gasteiger partial charge in [-0.05, 0) is 43.4 Å². The molecule has 1 amide bonds. The zero-order valence-electron chi connectivity index (χ0n) is 16.2. The number of aryl methyl sites for hydroxylation is 1. The molecule has 0 radical (unpaired) electrons. The first-order chi connectivity index (χ1) is 14.0. The Morgan fingerprint density at radius 3 is 3.03 bits per heavy atom. The summed E-state index contributed by atoms with van der Waals surface area (Å²) >= 11 is 1.27. The van der Waals surface area contributed by atoms with Crippen LogP contribution >= 0.6 is 11.5 Å². The zero-order valence-corrected chi connectivity index (χ0v) is 17.0. The third-order valence-electron chi connectivity index (χ3n) is 5.16. The van der Waals surface area contributed by atoms with Crippen molar-refractivity contribution >= 4 is 34.1 Å². The van der Waals surface area contributed by atoms with Gasteiger partial charge in [-0.3, -0.25) is 4.79 Å². The van der Waals surface area contributed by atoms with E-state index >= 15 is 4.39 Å². The fourth-order valence-electron chi connectivity index (χ4n) is 3.68. The molecule has 2 aliphatic heterocycles. The van der Waals surface area contributed by atoms with Gasteiger partial charge in [-0.2, -0.15) is 4.37 Å². The monoisotopic (exact) mass is 414 g/mol. The minimum absolute atomic E-state index is 0.0177. The summed E-state index contributed by atoms with van der Waals surface area (Å²) in [4.78, 5) is 18.8. The minimum atomic E-state index is -0.482. The molecule has 0 saturated carbocycles. The van der Waals surface area contributed by atoms with E-state index in [2.05, 4.69) is 43.4 Å². The lowest BCUT2D eigenvalue weighted by Gasteiger charge is -2.35. The van der Waals surface area contributed by atoms with Crippen molar-refractivity contribution in [3.05, 3.63) is 53.6 Å². The maximum Gasteiger partial charge on any atom is 0.255 e. The van der Waals surface area contributed by atoms with Crippen molar-refractivity contribution in [1.82, 2.24) is 19.6 Å². The summed E-state index contributed by atoms with van der Waals surface area (Å²) < 4.78 is 19.4. The molecule has 2 aromatic heterocycles. The number of pyridine rings is 1. The first-order valence-electron chi connectivity index (χ1n) is 9.50. The highest BCUT2D eigenvalue weighted by molar-refractivity contribution is 7.10. The minimum Gasteiger partial charge on any atom is -0.370 e. The molecule has 3 N–H and O–H groups in total. The van der Waals surface area contributed by atoms with Gasteiger partial charge in [-0.1, -0.05) is 13.2 Å². The Kier molecular flexibility index (Phi) is 5.23. The summed E-state index contributed by atoms with van der Waals surface area (Å²) in [5.74, 6) is -0.317. The number of amides is 1. The second-order valence-electron chi connectivity index (χ2n) is 7.24. The number of halogens is 1. The van der Waals surface area contributed by atoms with Crippen molar-refractivity contribution in [3.63, 3.8) is 0 Å². The van der Waals surface area contributed by atoms with E-state index in [1.165, 1.54) is 11.5 Å². The van der Waals surface area contributed by atoms with Gasteiger partial charge in [0, 0.05) is 36.9 Å². The van der Waals surface area contributed by atoms with E-state index < -0.39 is 5.82 Å². The molecule has 2 aromatic rings. The van der Waals surface area contributed by atoms with Gasteiger partial charge in [0.1, 0.15) is 10.8 Å². The molecule has 1 atom stereocenters. The van der Waals surface area contributed by atoms with Crippen molar-refractivity contribution in [3.8, 4) is 0 Å². The molecular weight excluding hydrogens is 391 g/mol. The van der Waals surface area contributed by atoms with Crippen LogP contribution in [0.15, 0.2) is 31.0 Å². The van der Waals surface area contributed by atoms with E-state index in [4.69, 9.17) is 0 Å². The average molecular weight is 415 g/mol. The number of rotatable bonds is 6. The number of hydrogen-bond donors (Lipinski definition) is 3. The smallest absolute Gasteiger partial charge is 0.255 e. The third-order valence-corrected chi connectivity index (χ3v) is 5.96. The number of aromatic nitrogens is 2. The zero-order chi connectivity index (χ0) is 20.5. The number of allylic oxidation sites excluding steroid dienone is 1. The highest BCUT2D eigenvalue weighted by atomic mass is 32.1. The second-order valence-corrected chi connectivity index (χ2v) is 8.05. The highest BCUT2D eigenvalue weighted by Gasteiger charge is 2.31. The summed E-state index contributed by atoms with van der Waals surface area (Å²) in [6, 6.07) is 1.88. The lowest BCUT2D eigenvalue weighted by atomic mass is 10.0. The van der Waals surface area contributed by atoms with Crippen LogP contribution in [0.25, 0.3) is 0 Å². The SMILES string of the molecule is C=CC(=C)N1CCCC(Nc2nc(Nc3cc(C)ns3)c3c(c2F)CNC3=O)C1. The lowest BCUT2D eigenvalue weighted by Crippen LogP contribution is -2.41. The summed E-state index contributed by atoms with van der Waals surface area (Å²) in [6.07, 6.45) is 3.59. The molecule has 0 spiro atoms. The van der Waals surface area contributed by atoms with Crippen LogP contribution in [0, 0.1) is 12.7 Å². The lowest BCUT2D eigenvalue weighted by molar-refractivity contribution is 0.0966. The molecule has 0 aliphatic carbocycles. The number of nitrogens with one attached hydrogen (secondary N) is 3. The predicted octanol–water partition coefficient (Wildman–Crippen LogP) is 3.55. The largest absolute Gasteiger partial charge is 0.370 e. The molecular formula is C20H23FN6OS. The quantitative estimate of drug-likeness (QED) is 0.627. The second kappa shape index (κ2) is 7.82. The summed E-state index contributed by atoms with van der Waals surface area (Å²) in [5, 5.41) is 9.81. The number of piperidine rings is 1. The van der Waals surface area contributed by atoms with E-state index in [0.717, 1.165) is 35.8 Å². The molecule has 152 valence electrons. The van der Waals surface area contributed by atoms with Crippen molar-refractivity contribution in [2.45, 2.75) is 32.4 Å². The van der Waals surface area contributed by atoms with Gasteiger partial charge >= 0.3 is 0 Å². The van der Waals surface area contributed by atoms with Gasteiger partial charge in [-0.25, -0.2) is 9.37 Å². The maximum atomic E-state index is 15.1. The Hall–Kier alpha value is -2.94. The molecule has 1 fully saturated rings. The Labute approximate surface area is 172 Å². The fraction of sp³-hybridized carbons (Fsp3) is 0.350. The van der Waals surface area contributed by atoms with Gasteiger partial charge < -0.3 is 20.9 Å². The Morgan fingerprint density at radius 1 is 1.48 bits per heavy atom. The number of nitrogens with zero attached hydrogens (tertiary/aromatic N) is 3. The van der Waals surface area contributed by atoms with Crippen molar-refractivity contribution < 1.29 is 9.18 Å². The number of likely N-dealkylation sites (tertiary alicyclic amines) is 1. The van der Waals surface area contributed by atoms with Crippen LogP contribution < -0.4 is 16.0 Å². The van der Waals surface area contributed by atoms with E-state index in [9.17, 15) is 4.79 Å². The molecule has 0 bridgehead atoms. The Bertz CT molecular complexity index is 988. The van der Waals surface area contributed by atoms with Crippen LogP contribution in [0.1, 0.15) is 34.5 Å². The number of carbonyl (C=O) groups is 1. The first kappa shape index (κ1) is 19.4. The Morgan fingerprint density at radius 2 is 2.31 bits per heavy atom. The Balaban J connectivity index is 1.63. The number of carbonyl (C=O) groups excluding carboxylic acids is 1. The standard InChI is InChI=1S/C20H23FN6OS/c1-4-12(3)27-7-5-6-13(10-27)23-19-17(21)14-9-22-20(28)16(14)18(25-19)24-15-8-11(2)26-29-15/h4,8,13H,1,3,5-7,9-10H2,2H3,(H,22,28)(H2,23,24,25). The van der Waals surface area contributed by atoms with E-state index in [0.29, 0.717) is 17.9 Å². The topological polar surface area (TPSA) is 82.2 Å². The van der Waals surface area contributed by atoms with Gasteiger partial charge in [0.15, 0.2) is 11.6 Å². The van der Waals surface area contributed by atoms with Gasteiger partial charge in [0.25, 0.3) is 5.91 Å². The molecule has 1 saturated heterocycles. The van der Waals surface area contributed by atoms with Crippen LogP contribution in [0.3, 0.4) is 0 Å². The molecule has 1 unspecified atom stereocenters. The molecule has 29 heavy (non-hydrogen) atoms. The summed E-state index contributed by atoms with van der Waals surface area (Å²) in [7, 11) is 0. The average Bonchev–Trinajstić information content (AvgIpc) is 3.30. The maximum absolute atomic E-state index is 15.1. The number of anilines is 3. The summed E-state index contributed by atoms with van der Waals surface area (Å²) in [5.41, 5.74) is 2.31. The van der Waals surface area contributed by atoms with Crippen LogP contribution in [0.2, 0.25) is 0 Å². The highest BCUT2D eigenvalue weighted by Crippen LogP contribution is 2.33. The van der Waals surface area contributed by atoms with Crippen LogP contribution in [-0.4, -0.2) is 39.3 Å². The fourth-order valence-corrected chi connectivity index (χ4v) is 4.34. The van der Waals surface area contributed by atoms with Crippen molar-refractivity contribution in [2.75, 3.05) is 23.7 Å². The normalized spacial score (nSPS) is 18.2. The summed E-state index contributed by atoms with van der Waals surface area (Å²) in [6.45, 7) is 11.4. The van der Waals surface area contributed by atoms with Gasteiger partial charge in [0.2, 0.25) is 0 Å². The van der Waals surface area contributed by atoms with Gasteiger partial charge in [0.05, 0.1) is 11.3 Å². The van der Waals surface area contributed by atoms with Crippen molar-refractivity contribution in [2.24, 2.45) is 0 Å². The van der Waals surface area contributed by atoms with E-state index in [1.807, 2.05) is 13.0 Å². The molecule has 0 aromatic carbocycles. The predicted molar refractivity (Wildman–Crippen MR) is 113 cm³/mol. The van der Waals surface area contributed by atoms with Crippen LogP contribution in [0.4, 0.5) is 21.0 Å². The van der Waals surface area contributed by atoms with Crippen molar-refractivity contribution in [1.29, 1.82) is 0 Å². The number of fused-ring (bicyclic) bond motifs is 1. The molecule has 9 heteroatoms. The van der Waals surface area contributed by atoms with E-state index in [-0.39, 0.29) is 29.9 Å². The van der Waals surface area contributed by atoms with Crippen LogP contribution in [-0.2, 0) is 6.54 Å². The molecule has 2 aliphatic rings. The molecule has 4 rings (SSSR count). The van der Waals surface area contributed by atoms with E-state index in [1.54, 1.807) is 6.08 Å². The molecule has 4 heterocycles. The first-order valence-corrected chi connectivity index (χ1v) is 10.3. The van der Waals surface area contributed by atoms with Gasteiger partial charge in [-0.15, -0.1) is 0 Å². The van der Waals surface area contributed by atoms with Crippen LogP contribution in [0.5, 0.6) is 0 Å². The molecule has 7 nitrogen and oxygen atoms in total. The third kappa shape index (κ3) is 3.82. The number of hydrogen-bond acceptors (Lipinski definition) is 7.